The number of benzene rings is 1. The number of aliphatic carboxylic acids is 1. The molecule has 1 N–H and O–H groups in total. The number of carboxylic acid groups (broad SMARTS) is 1. The number of hydrogen-bond donors (Lipinski definition) is 1. The van der Waals surface area contributed by atoms with Gasteiger partial charge in [0.2, 0.25) is 0 Å². The van der Waals surface area contributed by atoms with E-state index in [0.29, 0.717) is 5.56 Å². The van der Waals surface area contributed by atoms with E-state index in [1.807, 2.05) is 0 Å². The molecule has 6 heteroatoms. The summed E-state index contributed by atoms with van der Waals surface area (Å²) in [6.45, 7) is 1.55. The van der Waals surface area contributed by atoms with Gasteiger partial charge in [-0.25, -0.2) is 0 Å². The molecule has 0 aliphatic heterocycles. The first-order valence-corrected chi connectivity index (χ1v) is 5.67. The molecule has 1 aromatic rings. The molecule has 19 heavy (non-hydrogen) atoms. The van der Waals surface area contributed by atoms with Crippen molar-refractivity contribution in [2.75, 3.05) is 7.11 Å². The zero-order chi connectivity index (χ0) is 14.6. The van der Waals surface area contributed by atoms with Crippen LogP contribution in [0.4, 0.5) is 13.2 Å². The van der Waals surface area contributed by atoms with E-state index in [1.54, 1.807) is 6.92 Å². The highest BCUT2D eigenvalue weighted by molar-refractivity contribution is 5.69. The van der Waals surface area contributed by atoms with Gasteiger partial charge in [0.05, 0.1) is 5.92 Å². The van der Waals surface area contributed by atoms with Crippen LogP contribution in [-0.4, -0.2) is 24.4 Å². The first-order valence-electron chi connectivity index (χ1n) is 5.67. The van der Waals surface area contributed by atoms with E-state index >= 15 is 0 Å². The number of methoxy groups -OCH3 is 1. The molecule has 0 amide bonds. The van der Waals surface area contributed by atoms with Crippen LogP contribution in [0, 0.1) is 5.92 Å². The first-order chi connectivity index (χ1) is 8.75. The predicted octanol–water partition coefficient (Wildman–Crippen LogP) is 3.20. The Kier molecular flexibility index (Phi) is 4.94. The van der Waals surface area contributed by atoms with Gasteiger partial charge >= 0.3 is 12.1 Å². The van der Waals surface area contributed by atoms with Crippen LogP contribution in [0.25, 0.3) is 0 Å². The lowest BCUT2D eigenvalue weighted by Crippen LogP contribution is -2.22. The van der Waals surface area contributed by atoms with Crippen molar-refractivity contribution >= 4 is 5.97 Å². The Labute approximate surface area is 109 Å². The minimum atomic E-state index is -4.47. The molecule has 2 atom stereocenters. The van der Waals surface area contributed by atoms with E-state index in [-0.39, 0.29) is 12.0 Å². The third kappa shape index (κ3) is 4.24. The van der Waals surface area contributed by atoms with Crippen LogP contribution in [0.3, 0.4) is 0 Å². The van der Waals surface area contributed by atoms with E-state index in [0.717, 1.165) is 7.11 Å². The average molecular weight is 276 g/mol. The maximum atomic E-state index is 12.6. The van der Waals surface area contributed by atoms with Crippen molar-refractivity contribution in [3.8, 4) is 0 Å². The van der Waals surface area contributed by atoms with Gasteiger partial charge < -0.3 is 9.84 Å². The summed E-state index contributed by atoms with van der Waals surface area (Å²) in [4.78, 5) is 10.7. The number of carbonyl (C=O) groups is 1. The first kappa shape index (κ1) is 15.5. The van der Waals surface area contributed by atoms with Crippen LogP contribution in [0.2, 0.25) is 0 Å². The molecule has 1 rings (SSSR count). The monoisotopic (exact) mass is 276 g/mol. The third-order valence-electron chi connectivity index (χ3n) is 2.78. The summed E-state index contributed by atoms with van der Waals surface area (Å²) in [6, 6.07) is 5.61. The van der Waals surface area contributed by atoms with E-state index in [2.05, 4.69) is 4.74 Å². The van der Waals surface area contributed by atoms with Crippen molar-refractivity contribution in [2.45, 2.75) is 25.6 Å². The van der Waals surface area contributed by atoms with Crippen LogP contribution in [0.5, 0.6) is 0 Å². The standard InChI is InChI=1S/C13H15F3O3/c1-8(12(17)18)7-9-3-5-10(6-4-9)11(19-2)13(14,15)16/h3-6,8,11H,7H2,1-2H3,(H,17,18). The van der Waals surface area contributed by atoms with Gasteiger partial charge in [-0.3, -0.25) is 4.79 Å². The maximum absolute atomic E-state index is 12.6. The minimum absolute atomic E-state index is 0.00160. The number of carboxylic acids is 1. The number of alkyl halides is 3. The van der Waals surface area contributed by atoms with Crippen molar-refractivity contribution in [1.29, 1.82) is 0 Å². The van der Waals surface area contributed by atoms with Gasteiger partial charge in [-0.15, -0.1) is 0 Å². The lowest BCUT2D eigenvalue weighted by molar-refractivity contribution is -0.215. The fourth-order valence-corrected chi connectivity index (χ4v) is 1.73. The SMILES string of the molecule is COC(c1ccc(CC(C)C(=O)O)cc1)C(F)(F)F. The molecule has 2 unspecified atom stereocenters. The smallest absolute Gasteiger partial charge is 0.418 e. The Hall–Kier alpha value is -1.56. The number of ether oxygens (including phenoxy) is 1. The zero-order valence-corrected chi connectivity index (χ0v) is 10.6. The van der Waals surface area contributed by atoms with E-state index in [1.165, 1.54) is 24.3 Å². The van der Waals surface area contributed by atoms with Crippen LogP contribution in [-0.2, 0) is 16.0 Å². The molecule has 0 heterocycles. The van der Waals surface area contributed by atoms with E-state index < -0.39 is 24.2 Å². The largest absolute Gasteiger partial charge is 0.481 e. The second-order valence-electron chi connectivity index (χ2n) is 4.34. The summed E-state index contributed by atoms with van der Waals surface area (Å²) in [7, 11) is 0.999. The lowest BCUT2D eigenvalue weighted by atomic mass is 9.99. The molecule has 0 saturated carbocycles. The maximum Gasteiger partial charge on any atom is 0.418 e. The van der Waals surface area contributed by atoms with Gasteiger partial charge in [0, 0.05) is 7.11 Å². The highest BCUT2D eigenvalue weighted by Crippen LogP contribution is 2.35. The van der Waals surface area contributed by atoms with Crippen LogP contribution in [0.1, 0.15) is 24.2 Å². The fourth-order valence-electron chi connectivity index (χ4n) is 1.73. The Morgan fingerprint density at radius 1 is 1.32 bits per heavy atom. The van der Waals surface area contributed by atoms with Crippen molar-refractivity contribution in [3.63, 3.8) is 0 Å². The van der Waals surface area contributed by atoms with E-state index in [9.17, 15) is 18.0 Å². The Morgan fingerprint density at radius 3 is 2.21 bits per heavy atom. The summed E-state index contributed by atoms with van der Waals surface area (Å²) in [5.74, 6) is -1.51. The second kappa shape index (κ2) is 6.06. The molecule has 0 aliphatic rings. The molecule has 106 valence electrons. The summed E-state index contributed by atoms with van der Waals surface area (Å²) < 4.78 is 42.3. The predicted molar refractivity (Wildman–Crippen MR) is 62.8 cm³/mol. The van der Waals surface area contributed by atoms with Gasteiger partial charge in [0.1, 0.15) is 0 Å². The third-order valence-corrected chi connectivity index (χ3v) is 2.78. The Morgan fingerprint density at radius 2 is 1.84 bits per heavy atom. The Bertz CT molecular complexity index is 426. The molecule has 0 spiro atoms. The molecule has 1 aromatic carbocycles. The quantitative estimate of drug-likeness (QED) is 0.898. The van der Waals surface area contributed by atoms with Crippen molar-refractivity contribution in [3.05, 3.63) is 35.4 Å². The number of rotatable bonds is 5. The molecule has 0 saturated heterocycles. The number of halogens is 3. The van der Waals surface area contributed by atoms with Crippen LogP contribution in [0.15, 0.2) is 24.3 Å². The highest BCUT2D eigenvalue weighted by Gasteiger charge is 2.41. The second-order valence-corrected chi connectivity index (χ2v) is 4.34. The van der Waals surface area contributed by atoms with Crippen LogP contribution >= 0.6 is 0 Å². The highest BCUT2D eigenvalue weighted by atomic mass is 19.4. The van der Waals surface area contributed by atoms with Crippen molar-refractivity contribution < 1.29 is 27.8 Å². The molecular formula is C13H15F3O3. The topological polar surface area (TPSA) is 46.5 Å². The summed E-state index contributed by atoms with van der Waals surface area (Å²) in [5, 5.41) is 8.76. The van der Waals surface area contributed by atoms with Gasteiger partial charge in [-0.05, 0) is 17.5 Å². The van der Waals surface area contributed by atoms with Crippen molar-refractivity contribution in [2.24, 2.45) is 5.92 Å². The Balaban J connectivity index is 2.84. The van der Waals surface area contributed by atoms with E-state index in [4.69, 9.17) is 5.11 Å². The summed E-state index contributed by atoms with van der Waals surface area (Å²) >= 11 is 0. The normalized spacial score (nSPS) is 15.0. The molecule has 0 aliphatic carbocycles. The van der Waals surface area contributed by atoms with Crippen molar-refractivity contribution in [1.82, 2.24) is 0 Å². The van der Waals surface area contributed by atoms with Gasteiger partial charge in [0.15, 0.2) is 6.10 Å². The molecule has 0 bridgehead atoms. The van der Waals surface area contributed by atoms with Gasteiger partial charge in [-0.1, -0.05) is 31.2 Å². The average Bonchev–Trinajstić information content (AvgIpc) is 2.30. The summed E-state index contributed by atoms with van der Waals surface area (Å²) in [6.07, 6.45) is -6.15. The molecule has 0 fully saturated rings. The minimum Gasteiger partial charge on any atom is -0.481 e. The lowest BCUT2D eigenvalue weighted by Gasteiger charge is -2.19. The van der Waals surface area contributed by atoms with Gasteiger partial charge in [-0.2, -0.15) is 13.2 Å². The zero-order valence-electron chi connectivity index (χ0n) is 10.6. The fraction of sp³-hybridized carbons (Fsp3) is 0.462. The molecular weight excluding hydrogens is 261 g/mol. The summed E-state index contributed by atoms with van der Waals surface area (Å²) in [5.41, 5.74) is 0.678. The van der Waals surface area contributed by atoms with Gasteiger partial charge in [0.25, 0.3) is 0 Å². The number of hydrogen-bond acceptors (Lipinski definition) is 2. The van der Waals surface area contributed by atoms with Crippen LogP contribution < -0.4 is 0 Å². The molecule has 0 aromatic heterocycles. The molecule has 3 nitrogen and oxygen atoms in total. The molecule has 0 radical (unpaired) electrons.